The molecule has 1 heterocycles. The van der Waals surface area contributed by atoms with Crippen LogP contribution >= 0.6 is 11.3 Å². The first kappa shape index (κ1) is 17.6. The summed E-state index contributed by atoms with van der Waals surface area (Å²) in [5, 5.41) is 17.3. The summed E-state index contributed by atoms with van der Waals surface area (Å²) in [6.07, 6.45) is 1.76. The molecule has 0 fully saturated rings. The number of hydrogen-bond acceptors (Lipinski definition) is 5. The van der Waals surface area contributed by atoms with Crippen LogP contribution in [0.2, 0.25) is 0 Å². The molecule has 0 aromatic carbocycles. The number of rotatable bonds is 12. The van der Waals surface area contributed by atoms with Crippen molar-refractivity contribution in [1.29, 1.82) is 0 Å². The van der Waals surface area contributed by atoms with Gasteiger partial charge >= 0.3 is 0 Å². The Kier molecular flexibility index (Phi) is 9.87. The van der Waals surface area contributed by atoms with Crippen LogP contribution in [0.3, 0.4) is 0 Å². The van der Waals surface area contributed by atoms with E-state index in [1.54, 1.807) is 11.3 Å². The van der Waals surface area contributed by atoms with Crippen molar-refractivity contribution in [3.8, 4) is 0 Å². The minimum atomic E-state index is -0.480. The molecular formula is C15H27NO3S. The molecule has 0 aliphatic rings. The second-order valence-electron chi connectivity index (χ2n) is 4.88. The zero-order valence-electron chi connectivity index (χ0n) is 12.5. The minimum absolute atomic E-state index is 0.258. The van der Waals surface area contributed by atoms with Gasteiger partial charge in [0.05, 0.1) is 25.9 Å². The van der Waals surface area contributed by atoms with Crippen molar-refractivity contribution < 1.29 is 14.6 Å². The highest BCUT2D eigenvalue weighted by atomic mass is 32.1. The Morgan fingerprint density at radius 1 is 1.30 bits per heavy atom. The van der Waals surface area contributed by atoms with Crippen molar-refractivity contribution in [2.75, 3.05) is 33.0 Å². The van der Waals surface area contributed by atoms with Gasteiger partial charge in [0.2, 0.25) is 0 Å². The molecule has 4 nitrogen and oxygen atoms in total. The highest BCUT2D eigenvalue weighted by Gasteiger charge is 2.09. The Balaban J connectivity index is 1.96. The molecule has 0 aliphatic heterocycles. The summed E-state index contributed by atoms with van der Waals surface area (Å²) in [5.74, 6) is 0. The van der Waals surface area contributed by atoms with Crippen LogP contribution in [0.4, 0.5) is 0 Å². The van der Waals surface area contributed by atoms with Gasteiger partial charge in [0.1, 0.15) is 0 Å². The van der Waals surface area contributed by atoms with Crippen LogP contribution in [-0.2, 0) is 9.47 Å². The largest absolute Gasteiger partial charge is 0.389 e. The van der Waals surface area contributed by atoms with E-state index in [1.165, 1.54) is 5.56 Å². The Bertz CT molecular complexity index is 319. The maximum Gasteiger partial charge on any atom is 0.0897 e. The van der Waals surface area contributed by atoms with Gasteiger partial charge in [0.15, 0.2) is 0 Å². The van der Waals surface area contributed by atoms with Crippen molar-refractivity contribution in [1.82, 2.24) is 5.32 Å². The predicted octanol–water partition coefficient (Wildman–Crippen LogP) is 2.59. The molecule has 2 unspecified atom stereocenters. The summed E-state index contributed by atoms with van der Waals surface area (Å²) in [7, 11) is 0. The van der Waals surface area contributed by atoms with E-state index in [1.807, 2.05) is 0 Å². The second-order valence-corrected chi connectivity index (χ2v) is 5.66. The highest BCUT2D eigenvalue weighted by molar-refractivity contribution is 7.07. The molecule has 0 saturated heterocycles. The smallest absolute Gasteiger partial charge is 0.0897 e. The maximum atomic E-state index is 9.81. The van der Waals surface area contributed by atoms with Crippen molar-refractivity contribution in [2.24, 2.45) is 0 Å². The fourth-order valence-corrected chi connectivity index (χ4v) is 2.45. The second kappa shape index (κ2) is 11.2. The maximum absolute atomic E-state index is 9.81. The van der Waals surface area contributed by atoms with Gasteiger partial charge in [-0.1, -0.05) is 13.3 Å². The van der Waals surface area contributed by atoms with Gasteiger partial charge in [-0.3, -0.25) is 0 Å². The van der Waals surface area contributed by atoms with E-state index in [0.717, 1.165) is 19.4 Å². The summed E-state index contributed by atoms with van der Waals surface area (Å²) < 4.78 is 10.8. The first-order valence-corrected chi connectivity index (χ1v) is 8.27. The van der Waals surface area contributed by atoms with Crippen LogP contribution in [-0.4, -0.2) is 44.2 Å². The average molecular weight is 301 g/mol. The summed E-state index contributed by atoms with van der Waals surface area (Å²) in [6.45, 7) is 7.06. The first-order chi connectivity index (χ1) is 9.74. The van der Waals surface area contributed by atoms with Gasteiger partial charge in [0.25, 0.3) is 0 Å². The van der Waals surface area contributed by atoms with Gasteiger partial charge in [-0.2, -0.15) is 11.3 Å². The number of aliphatic hydroxyl groups excluding tert-OH is 1. The van der Waals surface area contributed by atoms with Crippen LogP contribution < -0.4 is 5.32 Å². The third-order valence-electron chi connectivity index (χ3n) is 3.03. The van der Waals surface area contributed by atoms with Gasteiger partial charge < -0.3 is 19.9 Å². The lowest BCUT2D eigenvalue weighted by atomic mass is 10.2. The lowest BCUT2D eigenvalue weighted by Crippen LogP contribution is -2.32. The number of ether oxygens (including phenoxy) is 2. The van der Waals surface area contributed by atoms with Crippen LogP contribution in [0.1, 0.15) is 38.3 Å². The molecular weight excluding hydrogens is 274 g/mol. The molecule has 1 rings (SSSR count). The van der Waals surface area contributed by atoms with Crippen molar-refractivity contribution in [3.63, 3.8) is 0 Å². The van der Waals surface area contributed by atoms with E-state index in [4.69, 9.17) is 9.47 Å². The Morgan fingerprint density at radius 3 is 2.80 bits per heavy atom. The molecule has 116 valence electrons. The van der Waals surface area contributed by atoms with Crippen LogP contribution in [0.15, 0.2) is 16.8 Å². The summed E-state index contributed by atoms with van der Waals surface area (Å²) >= 11 is 1.69. The van der Waals surface area contributed by atoms with E-state index >= 15 is 0 Å². The quantitative estimate of drug-likeness (QED) is 0.583. The van der Waals surface area contributed by atoms with Crippen LogP contribution in [0.25, 0.3) is 0 Å². The van der Waals surface area contributed by atoms with E-state index in [9.17, 15) is 5.11 Å². The molecule has 0 amide bonds. The third-order valence-corrected chi connectivity index (χ3v) is 3.73. The molecule has 1 aromatic rings. The molecule has 0 bridgehead atoms. The monoisotopic (exact) mass is 301 g/mol. The van der Waals surface area contributed by atoms with Gasteiger partial charge in [-0.15, -0.1) is 0 Å². The fourth-order valence-electron chi connectivity index (χ4n) is 1.70. The van der Waals surface area contributed by atoms with Gasteiger partial charge in [-0.25, -0.2) is 0 Å². The first-order valence-electron chi connectivity index (χ1n) is 7.33. The zero-order chi connectivity index (χ0) is 14.6. The molecule has 20 heavy (non-hydrogen) atoms. The van der Waals surface area contributed by atoms with Crippen molar-refractivity contribution in [3.05, 3.63) is 22.4 Å². The number of hydrogen-bond donors (Lipinski definition) is 2. The normalized spacial score (nSPS) is 14.3. The highest BCUT2D eigenvalue weighted by Crippen LogP contribution is 2.15. The van der Waals surface area contributed by atoms with Gasteiger partial charge in [-0.05, 0) is 35.7 Å². The van der Waals surface area contributed by atoms with Gasteiger partial charge in [0, 0.05) is 19.2 Å². The van der Waals surface area contributed by atoms with Crippen molar-refractivity contribution in [2.45, 2.75) is 38.8 Å². The minimum Gasteiger partial charge on any atom is -0.389 e. The molecule has 2 atom stereocenters. The molecule has 2 N–H and O–H groups in total. The molecule has 0 radical (unpaired) electrons. The topological polar surface area (TPSA) is 50.7 Å². The predicted molar refractivity (Wildman–Crippen MR) is 83.3 cm³/mol. The number of thiophene rings is 1. The Morgan fingerprint density at radius 2 is 2.10 bits per heavy atom. The van der Waals surface area contributed by atoms with Crippen LogP contribution in [0, 0.1) is 0 Å². The number of unbranched alkanes of at least 4 members (excludes halogenated alkanes) is 1. The summed E-state index contributed by atoms with van der Waals surface area (Å²) in [6, 6.07) is 2.35. The molecule has 0 spiro atoms. The molecule has 5 heteroatoms. The Hall–Kier alpha value is -0.460. The van der Waals surface area contributed by atoms with E-state index in [0.29, 0.717) is 26.4 Å². The molecule has 0 aliphatic carbocycles. The number of nitrogens with one attached hydrogen (secondary N) is 1. The van der Waals surface area contributed by atoms with Crippen LogP contribution in [0.5, 0.6) is 0 Å². The standard InChI is InChI=1S/C15H27NO3S/c1-3-4-6-18-7-8-19-11-15(17)10-16-13(2)14-5-9-20-12-14/h5,9,12-13,15-17H,3-4,6-8,10-11H2,1-2H3. The SMILES string of the molecule is CCCCOCCOCC(O)CNC(C)c1ccsc1. The average Bonchev–Trinajstić information content (AvgIpc) is 2.98. The Labute approximate surface area is 126 Å². The molecule has 1 aromatic heterocycles. The number of aliphatic hydroxyl groups is 1. The third kappa shape index (κ3) is 7.97. The lowest BCUT2D eigenvalue weighted by Gasteiger charge is -2.16. The summed E-state index contributed by atoms with van der Waals surface area (Å²) in [5.41, 5.74) is 1.26. The van der Waals surface area contributed by atoms with E-state index < -0.39 is 6.10 Å². The van der Waals surface area contributed by atoms with E-state index in [2.05, 4.69) is 36.0 Å². The zero-order valence-corrected chi connectivity index (χ0v) is 13.3. The van der Waals surface area contributed by atoms with E-state index in [-0.39, 0.29) is 6.04 Å². The fraction of sp³-hybridized carbons (Fsp3) is 0.733. The molecule has 0 saturated carbocycles. The van der Waals surface area contributed by atoms with Crippen molar-refractivity contribution >= 4 is 11.3 Å². The lowest BCUT2D eigenvalue weighted by molar-refractivity contribution is 0.00332. The summed E-state index contributed by atoms with van der Waals surface area (Å²) in [4.78, 5) is 0.